The Bertz CT molecular complexity index is 180. The van der Waals surface area contributed by atoms with Crippen LogP contribution in [0.15, 0.2) is 12.2 Å². The number of hydrogen-bond acceptors (Lipinski definition) is 0. The van der Waals surface area contributed by atoms with Gasteiger partial charge in [0.15, 0.2) is 0 Å². The molecule has 114 valence electrons. The highest BCUT2D eigenvalue weighted by molar-refractivity contribution is 4.81. The minimum absolute atomic E-state index is 0.949. The van der Waals surface area contributed by atoms with Crippen LogP contribution in [0.5, 0.6) is 0 Å². The third kappa shape index (κ3) is 15.7. The molecule has 0 aliphatic heterocycles. The Labute approximate surface area is 123 Å². The van der Waals surface area contributed by atoms with Crippen LogP contribution >= 0.6 is 0 Å². The molecule has 1 atom stereocenters. The Morgan fingerprint density at radius 2 is 1.11 bits per heavy atom. The smallest absolute Gasteiger partial charge is 0.0351 e. The van der Waals surface area contributed by atoms with Crippen molar-refractivity contribution in [1.82, 2.24) is 0 Å². The quantitative estimate of drug-likeness (QED) is 0.229. The summed E-state index contributed by atoms with van der Waals surface area (Å²) >= 11 is 0. The zero-order valence-electron chi connectivity index (χ0n) is 13.9. The Balaban J connectivity index is 3.19. The van der Waals surface area contributed by atoms with Crippen molar-refractivity contribution in [2.75, 3.05) is 0 Å². The summed E-state index contributed by atoms with van der Waals surface area (Å²) in [6.07, 6.45) is 22.9. The normalized spacial score (nSPS) is 13.2. The summed E-state index contributed by atoms with van der Waals surface area (Å²) in [6.45, 7) is 7.00. The molecule has 0 aliphatic carbocycles. The molecule has 0 bridgehead atoms. The molecule has 0 N–H and O–H groups in total. The van der Waals surface area contributed by atoms with Crippen LogP contribution in [0.3, 0.4) is 0 Å². The Kier molecular flexibility index (Phi) is 15.6. The van der Waals surface area contributed by atoms with E-state index in [1.54, 1.807) is 0 Å². The summed E-state index contributed by atoms with van der Waals surface area (Å²) in [5.74, 6) is 0.949. The van der Waals surface area contributed by atoms with Crippen molar-refractivity contribution < 1.29 is 0 Å². The van der Waals surface area contributed by atoms with Crippen LogP contribution in [0, 0.1) is 5.92 Å². The Morgan fingerprint density at radius 1 is 0.632 bits per heavy atom. The lowest BCUT2D eigenvalue weighted by molar-refractivity contribution is 0.441. The van der Waals surface area contributed by atoms with E-state index in [2.05, 4.69) is 32.9 Å². The second-order valence-electron chi connectivity index (χ2n) is 6.21. The minimum atomic E-state index is 0.949. The molecule has 0 heterocycles. The molecule has 0 saturated heterocycles. The molecular formula is C19H38. The van der Waals surface area contributed by atoms with E-state index in [0.29, 0.717) is 0 Å². The number of unbranched alkanes of at least 4 members (excludes halogenated alkanes) is 8. The van der Waals surface area contributed by atoms with Gasteiger partial charge in [0.1, 0.15) is 0 Å². The molecule has 0 rings (SSSR count). The highest BCUT2D eigenvalue weighted by Crippen LogP contribution is 2.17. The van der Waals surface area contributed by atoms with Crippen LogP contribution in [-0.4, -0.2) is 0 Å². The van der Waals surface area contributed by atoms with Crippen LogP contribution in [0.1, 0.15) is 104 Å². The maximum Gasteiger partial charge on any atom is -0.0351 e. The van der Waals surface area contributed by atoms with Gasteiger partial charge in [0, 0.05) is 0 Å². The van der Waals surface area contributed by atoms with Crippen molar-refractivity contribution in [3.8, 4) is 0 Å². The molecule has 1 unspecified atom stereocenters. The maximum absolute atomic E-state index is 2.44. The van der Waals surface area contributed by atoms with Crippen molar-refractivity contribution in [3.05, 3.63) is 12.2 Å². The van der Waals surface area contributed by atoms with Gasteiger partial charge in [-0.25, -0.2) is 0 Å². The first-order valence-electron chi connectivity index (χ1n) is 8.96. The average Bonchev–Trinajstić information content (AvgIpc) is 2.42. The average molecular weight is 267 g/mol. The second kappa shape index (κ2) is 15.8. The number of hydrogen-bond donors (Lipinski definition) is 0. The molecule has 0 aromatic rings. The molecule has 0 radical (unpaired) electrons. The van der Waals surface area contributed by atoms with Gasteiger partial charge in [-0.1, -0.05) is 90.7 Å². The van der Waals surface area contributed by atoms with Crippen LogP contribution in [-0.2, 0) is 0 Å². The predicted octanol–water partition coefficient (Wildman–Crippen LogP) is 7.29. The van der Waals surface area contributed by atoms with Crippen LogP contribution in [0.2, 0.25) is 0 Å². The zero-order chi connectivity index (χ0) is 14.2. The summed E-state index contributed by atoms with van der Waals surface area (Å²) in [4.78, 5) is 0. The van der Waals surface area contributed by atoms with Gasteiger partial charge in [0.25, 0.3) is 0 Å². The maximum atomic E-state index is 2.44. The third-order valence-corrected chi connectivity index (χ3v) is 4.01. The van der Waals surface area contributed by atoms with Crippen molar-refractivity contribution >= 4 is 0 Å². The molecule has 0 aromatic carbocycles. The van der Waals surface area contributed by atoms with E-state index in [4.69, 9.17) is 0 Å². The van der Waals surface area contributed by atoms with E-state index >= 15 is 0 Å². The molecule has 19 heavy (non-hydrogen) atoms. The number of rotatable bonds is 14. The van der Waals surface area contributed by atoms with Crippen molar-refractivity contribution in [3.63, 3.8) is 0 Å². The van der Waals surface area contributed by atoms with E-state index in [0.717, 1.165) is 5.92 Å². The van der Waals surface area contributed by atoms with Gasteiger partial charge in [-0.05, 0) is 31.6 Å². The molecule has 0 spiro atoms. The van der Waals surface area contributed by atoms with Gasteiger partial charge in [0.05, 0.1) is 0 Å². The monoisotopic (exact) mass is 266 g/mol. The molecule has 0 nitrogen and oxygen atoms in total. The van der Waals surface area contributed by atoms with E-state index < -0.39 is 0 Å². The van der Waals surface area contributed by atoms with Crippen molar-refractivity contribution in [1.29, 1.82) is 0 Å². The SMILES string of the molecule is CCCCC/C=C/CCCCC(C)CCCCCC. The highest BCUT2D eigenvalue weighted by Gasteiger charge is 2.01. The van der Waals surface area contributed by atoms with Gasteiger partial charge in [-0.2, -0.15) is 0 Å². The molecule has 0 fully saturated rings. The van der Waals surface area contributed by atoms with Gasteiger partial charge >= 0.3 is 0 Å². The Morgan fingerprint density at radius 3 is 1.68 bits per heavy atom. The molecule has 0 amide bonds. The fourth-order valence-corrected chi connectivity index (χ4v) is 2.57. The van der Waals surface area contributed by atoms with Gasteiger partial charge < -0.3 is 0 Å². The predicted molar refractivity (Wildman–Crippen MR) is 89.7 cm³/mol. The lowest BCUT2D eigenvalue weighted by Crippen LogP contribution is -1.94. The minimum Gasteiger partial charge on any atom is -0.0885 e. The molecule has 0 heteroatoms. The second-order valence-corrected chi connectivity index (χ2v) is 6.21. The highest BCUT2D eigenvalue weighted by atomic mass is 14.1. The lowest BCUT2D eigenvalue weighted by atomic mass is 9.96. The topological polar surface area (TPSA) is 0 Å². The molecular weight excluding hydrogens is 228 g/mol. The van der Waals surface area contributed by atoms with E-state index in [1.807, 2.05) is 0 Å². The fourth-order valence-electron chi connectivity index (χ4n) is 2.57. The summed E-state index contributed by atoms with van der Waals surface area (Å²) < 4.78 is 0. The Hall–Kier alpha value is -0.260. The third-order valence-electron chi connectivity index (χ3n) is 4.01. The summed E-state index contributed by atoms with van der Waals surface area (Å²) in [5, 5.41) is 0. The lowest BCUT2D eigenvalue weighted by Gasteiger charge is -2.10. The fraction of sp³-hybridized carbons (Fsp3) is 0.895. The van der Waals surface area contributed by atoms with Crippen LogP contribution in [0.4, 0.5) is 0 Å². The first kappa shape index (κ1) is 18.7. The summed E-state index contributed by atoms with van der Waals surface area (Å²) in [6, 6.07) is 0. The first-order valence-corrected chi connectivity index (χ1v) is 8.96. The van der Waals surface area contributed by atoms with Crippen LogP contribution < -0.4 is 0 Å². The summed E-state index contributed by atoms with van der Waals surface area (Å²) in [7, 11) is 0. The standard InChI is InChI=1S/C19H38/c1-4-6-8-10-11-12-13-14-16-18-19(3)17-15-9-7-5-2/h11-12,19H,4-10,13-18H2,1-3H3/b12-11+. The van der Waals surface area contributed by atoms with Gasteiger partial charge in [-0.3, -0.25) is 0 Å². The largest absolute Gasteiger partial charge is 0.0885 e. The van der Waals surface area contributed by atoms with Crippen molar-refractivity contribution in [2.24, 2.45) is 5.92 Å². The molecule has 0 aromatic heterocycles. The first-order chi connectivity index (χ1) is 9.31. The van der Waals surface area contributed by atoms with Gasteiger partial charge in [0.2, 0.25) is 0 Å². The van der Waals surface area contributed by atoms with Crippen LogP contribution in [0.25, 0.3) is 0 Å². The molecule has 0 saturated carbocycles. The van der Waals surface area contributed by atoms with E-state index in [9.17, 15) is 0 Å². The van der Waals surface area contributed by atoms with Crippen molar-refractivity contribution in [2.45, 2.75) is 104 Å². The van der Waals surface area contributed by atoms with E-state index in [-0.39, 0.29) is 0 Å². The number of allylic oxidation sites excluding steroid dienone is 2. The van der Waals surface area contributed by atoms with E-state index in [1.165, 1.54) is 83.5 Å². The zero-order valence-corrected chi connectivity index (χ0v) is 13.9. The molecule has 0 aliphatic rings. The summed E-state index contributed by atoms with van der Waals surface area (Å²) in [5.41, 5.74) is 0. The van der Waals surface area contributed by atoms with Gasteiger partial charge in [-0.15, -0.1) is 0 Å².